The molecule has 19 heavy (non-hydrogen) atoms. The summed E-state index contributed by atoms with van der Waals surface area (Å²) in [5, 5.41) is 8.85. The molecule has 1 heterocycles. The second-order valence-electron chi connectivity index (χ2n) is 3.69. The van der Waals surface area contributed by atoms with Gasteiger partial charge in [-0.2, -0.15) is 5.26 Å². The fraction of sp³-hybridized carbons (Fsp3) is 0.0769. The number of nitrogens with zero attached hydrogens (tertiary/aromatic N) is 2. The average Bonchev–Trinajstić information content (AvgIpc) is 2.36. The lowest BCUT2D eigenvalue weighted by Gasteiger charge is -2.07. The molecule has 0 aliphatic carbocycles. The van der Waals surface area contributed by atoms with Gasteiger partial charge < -0.3 is 4.74 Å². The molecule has 2 aromatic rings. The number of rotatable bonds is 3. The van der Waals surface area contributed by atoms with Crippen molar-refractivity contribution in [3.05, 3.63) is 58.4 Å². The first-order valence-corrected chi connectivity index (χ1v) is 5.59. The molecule has 96 valence electrons. The van der Waals surface area contributed by atoms with Crippen LogP contribution in [0.25, 0.3) is 0 Å². The Kier molecular flexibility index (Phi) is 3.93. The van der Waals surface area contributed by atoms with Gasteiger partial charge in [0, 0.05) is 12.1 Å². The van der Waals surface area contributed by atoms with E-state index in [1.54, 1.807) is 0 Å². The lowest BCUT2D eigenvalue weighted by Crippen LogP contribution is -1.98. The van der Waals surface area contributed by atoms with E-state index in [0.717, 1.165) is 18.2 Å². The molecule has 0 unspecified atom stereocenters. The van der Waals surface area contributed by atoms with E-state index in [1.165, 1.54) is 12.3 Å². The highest BCUT2D eigenvalue weighted by Crippen LogP contribution is 2.19. The zero-order valence-corrected chi connectivity index (χ0v) is 10.3. The normalized spacial score (nSPS) is 10.0. The summed E-state index contributed by atoms with van der Waals surface area (Å²) in [4.78, 5) is 3.77. The van der Waals surface area contributed by atoms with Crippen LogP contribution in [0, 0.1) is 23.0 Å². The monoisotopic (exact) mass is 280 g/mol. The Morgan fingerprint density at radius 2 is 1.89 bits per heavy atom. The molecule has 0 saturated heterocycles. The fourth-order valence-electron chi connectivity index (χ4n) is 1.45. The predicted octanol–water partition coefficient (Wildman–Crippen LogP) is 3.46. The van der Waals surface area contributed by atoms with Crippen molar-refractivity contribution in [2.75, 3.05) is 0 Å². The van der Waals surface area contributed by atoms with Crippen LogP contribution in [0.4, 0.5) is 8.78 Å². The maximum Gasteiger partial charge on any atom is 0.147 e. The van der Waals surface area contributed by atoms with Crippen molar-refractivity contribution < 1.29 is 13.5 Å². The smallest absolute Gasteiger partial charge is 0.147 e. The summed E-state index contributed by atoms with van der Waals surface area (Å²) in [6, 6.07) is 6.37. The molecule has 2 rings (SSSR count). The first-order chi connectivity index (χ1) is 9.08. The highest BCUT2D eigenvalue weighted by Gasteiger charge is 2.05. The van der Waals surface area contributed by atoms with E-state index in [2.05, 4.69) is 4.98 Å². The standard InChI is InChI=1S/C13H7ClF2N2O/c14-13-9(5-17)3-12(6-18-13)19-7-8-1-10(15)4-11(16)2-8/h1-4,6H,7H2. The summed E-state index contributed by atoms with van der Waals surface area (Å²) in [5.74, 6) is -1.05. The Balaban J connectivity index is 2.12. The Labute approximate surface area is 113 Å². The van der Waals surface area contributed by atoms with Gasteiger partial charge in [0.2, 0.25) is 0 Å². The maximum atomic E-state index is 13.0. The SMILES string of the molecule is N#Cc1cc(OCc2cc(F)cc(F)c2)cnc1Cl. The highest BCUT2D eigenvalue weighted by atomic mass is 35.5. The molecule has 0 aliphatic heterocycles. The third kappa shape index (κ3) is 3.39. The van der Waals surface area contributed by atoms with Gasteiger partial charge in [-0.05, 0) is 17.7 Å². The van der Waals surface area contributed by atoms with Gasteiger partial charge in [0.15, 0.2) is 0 Å². The molecule has 0 saturated carbocycles. The molecule has 0 atom stereocenters. The van der Waals surface area contributed by atoms with Gasteiger partial charge in [-0.15, -0.1) is 0 Å². The Hall–Kier alpha value is -2.19. The third-order valence-corrected chi connectivity index (χ3v) is 2.56. The second-order valence-corrected chi connectivity index (χ2v) is 4.05. The zero-order chi connectivity index (χ0) is 13.8. The Bertz CT molecular complexity index is 635. The molecule has 0 spiro atoms. The van der Waals surface area contributed by atoms with Gasteiger partial charge in [0.1, 0.15) is 35.2 Å². The second kappa shape index (κ2) is 5.63. The zero-order valence-electron chi connectivity index (χ0n) is 9.53. The number of hydrogen-bond acceptors (Lipinski definition) is 3. The minimum atomic E-state index is -0.675. The van der Waals surface area contributed by atoms with Gasteiger partial charge in [-0.25, -0.2) is 13.8 Å². The van der Waals surface area contributed by atoms with Gasteiger partial charge in [-0.1, -0.05) is 11.6 Å². The van der Waals surface area contributed by atoms with E-state index in [0.29, 0.717) is 11.3 Å². The van der Waals surface area contributed by atoms with E-state index in [9.17, 15) is 8.78 Å². The minimum Gasteiger partial charge on any atom is -0.487 e. The largest absolute Gasteiger partial charge is 0.487 e. The number of halogens is 3. The Morgan fingerprint density at radius 1 is 1.21 bits per heavy atom. The van der Waals surface area contributed by atoms with Crippen LogP contribution in [-0.4, -0.2) is 4.98 Å². The van der Waals surface area contributed by atoms with Crippen LogP contribution in [0.1, 0.15) is 11.1 Å². The van der Waals surface area contributed by atoms with Crippen molar-refractivity contribution >= 4 is 11.6 Å². The number of benzene rings is 1. The average molecular weight is 281 g/mol. The van der Waals surface area contributed by atoms with Gasteiger partial charge in [0.25, 0.3) is 0 Å². The molecule has 0 radical (unpaired) electrons. The van der Waals surface area contributed by atoms with E-state index >= 15 is 0 Å². The summed E-state index contributed by atoms with van der Waals surface area (Å²) >= 11 is 5.67. The molecule has 0 fully saturated rings. The summed E-state index contributed by atoms with van der Waals surface area (Å²) < 4.78 is 31.2. The molecular weight excluding hydrogens is 274 g/mol. The van der Waals surface area contributed by atoms with Crippen LogP contribution >= 0.6 is 11.6 Å². The molecule has 0 amide bonds. The summed E-state index contributed by atoms with van der Waals surface area (Å²) in [6.07, 6.45) is 1.33. The van der Waals surface area contributed by atoms with Gasteiger partial charge in [0.05, 0.1) is 11.8 Å². The van der Waals surface area contributed by atoms with E-state index in [-0.39, 0.29) is 17.3 Å². The topological polar surface area (TPSA) is 45.9 Å². The molecule has 3 nitrogen and oxygen atoms in total. The predicted molar refractivity (Wildman–Crippen MR) is 64.7 cm³/mol. The third-order valence-electron chi connectivity index (χ3n) is 2.26. The molecule has 0 bridgehead atoms. The van der Waals surface area contributed by atoms with E-state index < -0.39 is 11.6 Å². The van der Waals surface area contributed by atoms with Crippen molar-refractivity contribution in [1.29, 1.82) is 5.26 Å². The summed E-state index contributed by atoms with van der Waals surface area (Å²) in [5.41, 5.74) is 0.510. The number of hydrogen-bond donors (Lipinski definition) is 0. The minimum absolute atomic E-state index is 0.0388. The van der Waals surface area contributed by atoms with Crippen LogP contribution in [0.5, 0.6) is 5.75 Å². The first-order valence-electron chi connectivity index (χ1n) is 5.22. The van der Waals surface area contributed by atoms with Crippen molar-refractivity contribution in [2.45, 2.75) is 6.61 Å². The van der Waals surface area contributed by atoms with Gasteiger partial charge >= 0.3 is 0 Å². The van der Waals surface area contributed by atoms with Crippen LogP contribution in [0.3, 0.4) is 0 Å². The van der Waals surface area contributed by atoms with Crippen molar-refractivity contribution in [3.8, 4) is 11.8 Å². The molecule has 1 aromatic heterocycles. The van der Waals surface area contributed by atoms with Crippen molar-refractivity contribution in [1.82, 2.24) is 4.98 Å². The van der Waals surface area contributed by atoms with E-state index in [4.69, 9.17) is 21.6 Å². The molecular formula is C13H7ClF2N2O. The lowest BCUT2D eigenvalue weighted by atomic mass is 10.2. The lowest BCUT2D eigenvalue weighted by molar-refractivity contribution is 0.303. The van der Waals surface area contributed by atoms with Crippen molar-refractivity contribution in [2.24, 2.45) is 0 Å². The van der Waals surface area contributed by atoms with E-state index in [1.807, 2.05) is 6.07 Å². The van der Waals surface area contributed by atoms with Crippen LogP contribution in [0.2, 0.25) is 5.15 Å². The Morgan fingerprint density at radius 3 is 2.53 bits per heavy atom. The number of nitriles is 1. The number of pyridine rings is 1. The van der Waals surface area contributed by atoms with Crippen LogP contribution in [0.15, 0.2) is 30.5 Å². The van der Waals surface area contributed by atoms with Crippen LogP contribution in [-0.2, 0) is 6.61 Å². The van der Waals surface area contributed by atoms with Gasteiger partial charge in [-0.3, -0.25) is 0 Å². The first kappa shape index (κ1) is 13.2. The molecule has 1 aromatic carbocycles. The summed E-state index contributed by atoms with van der Waals surface area (Å²) in [6.45, 7) is -0.0388. The number of ether oxygens (including phenoxy) is 1. The number of aromatic nitrogens is 1. The quantitative estimate of drug-likeness (QED) is 0.809. The fourth-order valence-corrected chi connectivity index (χ4v) is 1.59. The molecule has 0 aliphatic rings. The molecule has 0 N–H and O–H groups in total. The highest BCUT2D eigenvalue weighted by molar-refractivity contribution is 6.30. The van der Waals surface area contributed by atoms with Crippen LogP contribution < -0.4 is 4.74 Å². The maximum absolute atomic E-state index is 13.0. The van der Waals surface area contributed by atoms with Crippen molar-refractivity contribution in [3.63, 3.8) is 0 Å². The molecule has 6 heteroatoms. The summed E-state index contributed by atoms with van der Waals surface area (Å²) in [7, 11) is 0.